The van der Waals surface area contributed by atoms with Crippen LogP contribution in [0.15, 0.2) is 47.4 Å². The monoisotopic (exact) mass is 387 g/mol. The molecule has 0 aliphatic heterocycles. The molecule has 1 N–H and O–H groups in total. The predicted octanol–water partition coefficient (Wildman–Crippen LogP) is 3.84. The Morgan fingerprint density at radius 2 is 1.92 bits per heavy atom. The van der Waals surface area contributed by atoms with Crippen molar-refractivity contribution in [1.82, 2.24) is 9.38 Å². The van der Waals surface area contributed by atoms with Gasteiger partial charge in [-0.2, -0.15) is 0 Å². The number of pyridine rings is 1. The normalized spacial score (nSPS) is 10.9. The Balaban J connectivity index is 1.61. The average molecular weight is 388 g/mol. The maximum atomic E-state index is 12.1. The number of benzene rings is 1. The van der Waals surface area contributed by atoms with Gasteiger partial charge in [-0.3, -0.25) is 14.0 Å². The highest BCUT2D eigenvalue weighted by Gasteiger charge is 2.07. The van der Waals surface area contributed by atoms with Crippen LogP contribution in [-0.2, 0) is 10.5 Å². The molecule has 0 aliphatic carbocycles. The number of fused-ring (bicyclic) bond motifs is 1. The van der Waals surface area contributed by atoms with Crippen LogP contribution in [0.2, 0.25) is 5.02 Å². The second-order valence-electron chi connectivity index (χ2n) is 6.08. The summed E-state index contributed by atoms with van der Waals surface area (Å²) in [7, 11) is 0. The van der Waals surface area contributed by atoms with Crippen molar-refractivity contribution < 1.29 is 4.79 Å². The Labute approximate surface area is 160 Å². The summed E-state index contributed by atoms with van der Waals surface area (Å²) in [5.41, 5.74) is 4.00. The number of carbonyl (C=O) groups is 1. The highest BCUT2D eigenvalue weighted by molar-refractivity contribution is 7.99. The molecule has 0 spiro atoms. The summed E-state index contributed by atoms with van der Waals surface area (Å²) in [5, 5.41) is 3.37. The maximum Gasteiger partial charge on any atom is 0.258 e. The van der Waals surface area contributed by atoms with Crippen LogP contribution >= 0.6 is 23.4 Å². The molecule has 1 amide bonds. The Kier molecular flexibility index (Phi) is 5.64. The smallest absolute Gasteiger partial charge is 0.258 e. The van der Waals surface area contributed by atoms with Crippen molar-refractivity contribution in [3.8, 4) is 0 Å². The van der Waals surface area contributed by atoms with Gasteiger partial charge in [-0.25, -0.2) is 4.98 Å². The van der Waals surface area contributed by atoms with Crippen LogP contribution in [0, 0.1) is 13.8 Å². The van der Waals surface area contributed by atoms with E-state index < -0.39 is 0 Å². The zero-order valence-corrected chi connectivity index (χ0v) is 16.0. The van der Waals surface area contributed by atoms with E-state index >= 15 is 0 Å². The first-order chi connectivity index (χ1) is 12.4. The van der Waals surface area contributed by atoms with Crippen LogP contribution < -0.4 is 10.9 Å². The van der Waals surface area contributed by atoms with E-state index in [-0.39, 0.29) is 17.2 Å². The number of hydrogen-bond acceptors (Lipinski definition) is 4. The standard InChI is InChI=1S/C19H18ClN3O2S/c1-12-5-13(2)7-15(6-12)22-18(24)11-26-10-16-8-19(25)23-9-14(20)3-4-17(23)21-16/h3-9H,10-11H2,1-2H3,(H,22,24). The Morgan fingerprint density at radius 1 is 1.19 bits per heavy atom. The van der Waals surface area contributed by atoms with E-state index in [0.29, 0.717) is 22.1 Å². The van der Waals surface area contributed by atoms with Gasteiger partial charge in [0, 0.05) is 23.7 Å². The number of halogens is 1. The Morgan fingerprint density at radius 3 is 2.65 bits per heavy atom. The Bertz CT molecular complexity index is 1010. The number of amides is 1. The fraction of sp³-hybridized carbons (Fsp3) is 0.211. The van der Waals surface area contributed by atoms with Crippen molar-refractivity contribution in [2.75, 3.05) is 11.1 Å². The Hall–Kier alpha value is -2.31. The molecule has 3 rings (SSSR count). The topological polar surface area (TPSA) is 63.5 Å². The summed E-state index contributed by atoms with van der Waals surface area (Å²) in [6, 6.07) is 10.8. The van der Waals surface area contributed by atoms with Crippen molar-refractivity contribution in [2.24, 2.45) is 0 Å². The minimum atomic E-state index is -0.187. The van der Waals surface area contributed by atoms with E-state index in [1.54, 1.807) is 18.3 Å². The molecule has 0 unspecified atom stereocenters. The fourth-order valence-electron chi connectivity index (χ4n) is 2.69. The fourth-order valence-corrected chi connectivity index (χ4v) is 3.57. The molecule has 26 heavy (non-hydrogen) atoms. The lowest BCUT2D eigenvalue weighted by Gasteiger charge is -2.08. The van der Waals surface area contributed by atoms with Gasteiger partial charge in [-0.1, -0.05) is 17.7 Å². The van der Waals surface area contributed by atoms with Gasteiger partial charge in [0.05, 0.1) is 16.5 Å². The first-order valence-corrected chi connectivity index (χ1v) is 9.58. The second-order valence-corrected chi connectivity index (χ2v) is 7.50. The lowest BCUT2D eigenvalue weighted by atomic mass is 10.1. The van der Waals surface area contributed by atoms with E-state index in [9.17, 15) is 9.59 Å². The molecule has 2 aromatic heterocycles. The number of nitrogens with zero attached hydrogens (tertiary/aromatic N) is 2. The molecule has 0 atom stereocenters. The van der Waals surface area contributed by atoms with Gasteiger partial charge in [0.25, 0.3) is 5.56 Å². The lowest BCUT2D eigenvalue weighted by Crippen LogP contribution is -2.16. The number of thioether (sulfide) groups is 1. The number of hydrogen-bond donors (Lipinski definition) is 1. The van der Waals surface area contributed by atoms with Crippen LogP contribution in [0.3, 0.4) is 0 Å². The second kappa shape index (κ2) is 7.93. The third kappa shape index (κ3) is 4.65. The molecule has 5 nitrogen and oxygen atoms in total. The van der Waals surface area contributed by atoms with E-state index in [2.05, 4.69) is 16.4 Å². The third-order valence-corrected chi connectivity index (χ3v) is 4.85. The summed E-state index contributed by atoms with van der Waals surface area (Å²) in [4.78, 5) is 28.7. The van der Waals surface area contributed by atoms with Crippen LogP contribution in [0.1, 0.15) is 16.8 Å². The molecule has 1 aromatic carbocycles. The number of anilines is 1. The zero-order chi connectivity index (χ0) is 18.7. The number of aromatic nitrogens is 2. The molecule has 0 saturated carbocycles. The first-order valence-electron chi connectivity index (χ1n) is 8.04. The molecule has 0 radical (unpaired) electrons. The molecule has 0 aliphatic rings. The minimum absolute atomic E-state index is 0.0794. The summed E-state index contributed by atoms with van der Waals surface area (Å²) >= 11 is 7.31. The van der Waals surface area contributed by atoms with E-state index in [1.807, 2.05) is 26.0 Å². The maximum absolute atomic E-state index is 12.1. The third-order valence-electron chi connectivity index (χ3n) is 3.67. The van der Waals surface area contributed by atoms with Gasteiger partial charge in [-0.05, 0) is 49.2 Å². The highest BCUT2D eigenvalue weighted by Crippen LogP contribution is 2.16. The van der Waals surface area contributed by atoms with Gasteiger partial charge in [0.1, 0.15) is 5.65 Å². The largest absolute Gasteiger partial charge is 0.325 e. The summed E-state index contributed by atoms with van der Waals surface area (Å²) in [6.07, 6.45) is 1.54. The summed E-state index contributed by atoms with van der Waals surface area (Å²) in [6.45, 7) is 3.99. The molecular weight excluding hydrogens is 370 g/mol. The molecular formula is C19H18ClN3O2S. The summed E-state index contributed by atoms with van der Waals surface area (Å²) < 4.78 is 1.41. The SMILES string of the molecule is Cc1cc(C)cc(NC(=O)CSCc2cc(=O)n3cc(Cl)ccc3n2)c1. The quantitative estimate of drug-likeness (QED) is 0.722. The van der Waals surface area contributed by atoms with Crippen molar-refractivity contribution in [1.29, 1.82) is 0 Å². The molecule has 2 heterocycles. The van der Waals surface area contributed by atoms with Gasteiger partial charge < -0.3 is 5.32 Å². The molecule has 7 heteroatoms. The van der Waals surface area contributed by atoms with Crippen LogP contribution in [0.25, 0.3) is 5.65 Å². The lowest BCUT2D eigenvalue weighted by molar-refractivity contribution is -0.113. The predicted molar refractivity (Wildman–Crippen MR) is 107 cm³/mol. The number of carbonyl (C=O) groups excluding carboxylic acids is 1. The van der Waals surface area contributed by atoms with Crippen molar-refractivity contribution in [3.05, 3.63) is 74.8 Å². The molecule has 0 saturated heterocycles. The highest BCUT2D eigenvalue weighted by atomic mass is 35.5. The molecule has 3 aromatic rings. The molecule has 0 bridgehead atoms. The summed E-state index contributed by atoms with van der Waals surface area (Å²) in [5.74, 6) is 0.688. The number of aryl methyl sites for hydroxylation is 2. The van der Waals surface area contributed by atoms with E-state index in [4.69, 9.17) is 11.6 Å². The average Bonchev–Trinajstić information content (AvgIpc) is 2.54. The zero-order valence-electron chi connectivity index (χ0n) is 14.5. The van der Waals surface area contributed by atoms with Gasteiger partial charge >= 0.3 is 0 Å². The molecule has 134 valence electrons. The van der Waals surface area contributed by atoms with Crippen LogP contribution in [0.4, 0.5) is 5.69 Å². The van der Waals surface area contributed by atoms with Crippen LogP contribution in [0.5, 0.6) is 0 Å². The van der Waals surface area contributed by atoms with Crippen LogP contribution in [-0.4, -0.2) is 21.0 Å². The van der Waals surface area contributed by atoms with E-state index in [0.717, 1.165) is 16.8 Å². The van der Waals surface area contributed by atoms with Gasteiger partial charge in [0.15, 0.2) is 0 Å². The first kappa shape index (κ1) is 18.5. The number of nitrogens with one attached hydrogen (secondary N) is 1. The minimum Gasteiger partial charge on any atom is -0.325 e. The number of rotatable bonds is 5. The van der Waals surface area contributed by atoms with Gasteiger partial charge in [0.2, 0.25) is 5.91 Å². The molecule has 0 fully saturated rings. The van der Waals surface area contributed by atoms with Crippen molar-refractivity contribution in [2.45, 2.75) is 19.6 Å². The van der Waals surface area contributed by atoms with Gasteiger partial charge in [-0.15, -0.1) is 11.8 Å². The van der Waals surface area contributed by atoms with E-state index in [1.165, 1.54) is 22.2 Å². The van der Waals surface area contributed by atoms with Crippen molar-refractivity contribution in [3.63, 3.8) is 0 Å². The van der Waals surface area contributed by atoms with Crippen molar-refractivity contribution >= 4 is 40.6 Å².